The van der Waals surface area contributed by atoms with E-state index in [9.17, 15) is 0 Å². The van der Waals surface area contributed by atoms with Gasteiger partial charge in [0.15, 0.2) is 0 Å². The van der Waals surface area contributed by atoms with Gasteiger partial charge in [-0.15, -0.1) is 0 Å². The quantitative estimate of drug-likeness (QED) is 0.729. The molecule has 1 fully saturated rings. The van der Waals surface area contributed by atoms with Gasteiger partial charge >= 0.3 is 0 Å². The van der Waals surface area contributed by atoms with Crippen molar-refractivity contribution in [2.75, 3.05) is 26.3 Å². The van der Waals surface area contributed by atoms with Crippen LogP contribution in [0.25, 0.3) is 10.8 Å². The molecule has 3 heteroatoms. The summed E-state index contributed by atoms with van der Waals surface area (Å²) < 4.78 is 5.35. The number of hydrogen-bond donors (Lipinski definition) is 0. The highest BCUT2D eigenvalue weighted by molar-refractivity contribution is 7.80. The monoisotopic (exact) mass is 257 g/mol. The average Bonchev–Trinajstić information content (AvgIpc) is 2.47. The first kappa shape index (κ1) is 11.6. The van der Waals surface area contributed by atoms with Gasteiger partial charge in [0.05, 0.1) is 13.2 Å². The first-order valence-electron chi connectivity index (χ1n) is 6.20. The molecule has 0 atom stereocenters. The molecule has 3 rings (SSSR count). The van der Waals surface area contributed by atoms with E-state index in [1.165, 1.54) is 10.8 Å². The van der Waals surface area contributed by atoms with Crippen LogP contribution in [0.4, 0.5) is 0 Å². The van der Waals surface area contributed by atoms with E-state index >= 15 is 0 Å². The highest BCUT2D eigenvalue weighted by atomic mass is 32.1. The van der Waals surface area contributed by atoms with Crippen molar-refractivity contribution in [2.24, 2.45) is 0 Å². The van der Waals surface area contributed by atoms with Gasteiger partial charge in [-0.3, -0.25) is 0 Å². The van der Waals surface area contributed by atoms with Crippen molar-refractivity contribution >= 4 is 28.0 Å². The van der Waals surface area contributed by atoms with Gasteiger partial charge in [-0.25, -0.2) is 0 Å². The number of thiocarbonyl (C=S) groups is 1. The molecule has 18 heavy (non-hydrogen) atoms. The third-order valence-corrected chi connectivity index (χ3v) is 3.79. The van der Waals surface area contributed by atoms with Crippen molar-refractivity contribution in [1.82, 2.24) is 4.90 Å². The Labute approximate surface area is 112 Å². The molecule has 1 saturated heterocycles. The molecule has 2 nitrogen and oxygen atoms in total. The zero-order valence-electron chi connectivity index (χ0n) is 10.1. The van der Waals surface area contributed by atoms with Crippen LogP contribution in [0.1, 0.15) is 5.56 Å². The van der Waals surface area contributed by atoms with E-state index in [-0.39, 0.29) is 0 Å². The molecule has 1 aliphatic heterocycles. The van der Waals surface area contributed by atoms with E-state index in [0.29, 0.717) is 0 Å². The van der Waals surface area contributed by atoms with E-state index in [0.717, 1.165) is 36.9 Å². The first-order valence-corrected chi connectivity index (χ1v) is 6.61. The van der Waals surface area contributed by atoms with Crippen molar-refractivity contribution in [2.45, 2.75) is 0 Å². The molecule has 0 saturated carbocycles. The second-order valence-electron chi connectivity index (χ2n) is 4.47. The normalized spacial score (nSPS) is 15.9. The summed E-state index contributed by atoms with van der Waals surface area (Å²) in [4.78, 5) is 3.16. The Morgan fingerprint density at radius 3 is 2.50 bits per heavy atom. The summed E-state index contributed by atoms with van der Waals surface area (Å²) in [6.07, 6.45) is 0. The lowest BCUT2D eigenvalue weighted by molar-refractivity contribution is 0.0693. The van der Waals surface area contributed by atoms with Crippen LogP contribution in [-0.2, 0) is 4.74 Å². The number of hydrogen-bond acceptors (Lipinski definition) is 2. The van der Waals surface area contributed by atoms with E-state index < -0.39 is 0 Å². The topological polar surface area (TPSA) is 12.5 Å². The van der Waals surface area contributed by atoms with Crippen LogP contribution in [0, 0.1) is 0 Å². The summed E-state index contributed by atoms with van der Waals surface area (Å²) in [6, 6.07) is 14.8. The maximum Gasteiger partial charge on any atom is 0.109 e. The third-order valence-electron chi connectivity index (χ3n) is 3.29. The minimum absolute atomic E-state index is 0.772. The van der Waals surface area contributed by atoms with Gasteiger partial charge in [0.1, 0.15) is 4.99 Å². The predicted molar refractivity (Wildman–Crippen MR) is 78.0 cm³/mol. The smallest absolute Gasteiger partial charge is 0.109 e. The van der Waals surface area contributed by atoms with Crippen LogP contribution in [0.3, 0.4) is 0 Å². The van der Waals surface area contributed by atoms with Gasteiger partial charge in [-0.2, -0.15) is 0 Å². The standard InChI is InChI=1S/C15H15NOS/c18-15(16-7-9-17-10-8-16)14-6-5-12-3-1-2-4-13(12)11-14/h1-6,11H,7-10H2. The molecular formula is C15H15NOS. The molecule has 0 unspecified atom stereocenters. The van der Waals surface area contributed by atoms with Crippen molar-refractivity contribution in [3.8, 4) is 0 Å². The Morgan fingerprint density at radius 1 is 1.00 bits per heavy atom. The molecule has 0 aliphatic carbocycles. The lowest BCUT2D eigenvalue weighted by Crippen LogP contribution is -2.40. The van der Waals surface area contributed by atoms with Gasteiger partial charge in [-0.05, 0) is 16.8 Å². The lowest BCUT2D eigenvalue weighted by atomic mass is 10.1. The number of rotatable bonds is 1. The number of benzene rings is 2. The molecule has 2 aromatic carbocycles. The number of ether oxygens (including phenoxy) is 1. The van der Waals surface area contributed by atoms with Crippen LogP contribution in [0.5, 0.6) is 0 Å². The van der Waals surface area contributed by atoms with E-state index in [1.54, 1.807) is 0 Å². The van der Waals surface area contributed by atoms with E-state index in [1.807, 2.05) is 0 Å². The molecule has 2 aromatic rings. The van der Waals surface area contributed by atoms with Crippen molar-refractivity contribution in [1.29, 1.82) is 0 Å². The maximum atomic E-state index is 5.57. The maximum absolute atomic E-state index is 5.57. The molecule has 0 aromatic heterocycles. The summed E-state index contributed by atoms with van der Waals surface area (Å²) in [7, 11) is 0. The molecule has 1 heterocycles. The van der Waals surface area contributed by atoms with Crippen LogP contribution in [-0.4, -0.2) is 36.2 Å². The second-order valence-corrected chi connectivity index (χ2v) is 4.85. The fourth-order valence-electron chi connectivity index (χ4n) is 2.27. The van der Waals surface area contributed by atoms with Crippen molar-refractivity contribution in [3.63, 3.8) is 0 Å². The van der Waals surface area contributed by atoms with Crippen LogP contribution < -0.4 is 0 Å². The zero-order chi connectivity index (χ0) is 12.4. The third kappa shape index (κ3) is 2.24. The number of fused-ring (bicyclic) bond motifs is 1. The van der Waals surface area contributed by atoms with Gasteiger partial charge in [-0.1, -0.05) is 48.6 Å². The summed E-state index contributed by atoms with van der Waals surface area (Å²) in [5, 5.41) is 2.50. The Kier molecular flexibility index (Phi) is 3.26. The summed E-state index contributed by atoms with van der Waals surface area (Å²) in [6.45, 7) is 3.33. The minimum atomic E-state index is 0.772. The second kappa shape index (κ2) is 5.04. The lowest BCUT2D eigenvalue weighted by Gasteiger charge is -2.29. The van der Waals surface area contributed by atoms with Crippen molar-refractivity contribution in [3.05, 3.63) is 48.0 Å². The number of nitrogens with zero attached hydrogens (tertiary/aromatic N) is 1. The molecule has 0 spiro atoms. The van der Waals surface area contributed by atoms with E-state index in [2.05, 4.69) is 47.4 Å². The zero-order valence-corrected chi connectivity index (χ0v) is 11.0. The highest BCUT2D eigenvalue weighted by Crippen LogP contribution is 2.17. The molecule has 0 N–H and O–H groups in total. The first-order chi connectivity index (χ1) is 8.84. The summed E-state index contributed by atoms with van der Waals surface area (Å²) in [5.74, 6) is 0. The molecule has 1 aliphatic rings. The fraction of sp³-hybridized carbons (Fsp3) is 0.267. The van der Waals surface area contributed by atoms with Crippen LogP contribution in [0.2, 0.25) is 0 Å². The summed E-state index contributed by atoms with van der Waals surface area (Å²) >= 11 is 5.57. The number of morpholine rings is 1. The Balaban J connectivity index is 1.91. The molecule has 0 amide bonds. The van der Waals surface area contributed by atoms with E-state index in [4.69, 9.17) is 17.0 Å². The van der Waals surface area contributed by atoms with Crippen LogP contribution >= 0.6 is 12.2 Å². The van der Waals surface area contributed by atoms with Crippen LogP contribution in [0.15, 0.2) is 42.5 Å². The Morgan fingerprint density at radius 2 is 1.72 bits per heavy atom. The van der Waals surface area contributed by atoms with Crippen molar-refractivity contribution < 1.29 is 4.74 Å². The fourth-order valence-corrected chi connectivity index (χ4v) is 2.58. The van der Waals surface area contributed by atoms with Gasteiger partial charge in [0.2, 0.25) is 0 Å². The molecule has 0 bridgehead atoms. The Bertz CT molecular complexity index is 575. The Hall–Kier alpha value is -1.45. The SMILES string of the molecule is S=C(c1ccc2ccccc2c1)N1CCOCC1. The summed E-state index contributed by atoms with van der Waals surface area (Å²) in [5.41, 5.74) is 1.13. The van der Waals surface area contributed by atoms with Gasteiger partial charge < -0.3 is 9.64 Å². The molecule has 92 valence electrons. The average molecular weight is 257 g/mol. The predicted octanol–water partition coefficient (Wildman–Crippen LogP) is 2.85. The van der Waals surface area contributed by atoms with Gasteiger partial charge in [0.25, 0.3) is 0 Å². The molecule has 0 radical (unpaired) electrons. The van der Waals surface area contributed by atoms with Gasteiger partial charge in [0, 0.05) is 18.7 Å². The minimum Gasteiger partial charge on any atom is -0.378 e. The largest absolute Gasteiger partial charge is 0.378 e. The highest BCUT2D eigenvalue weighted by Gasteiger charge is 2.15. The molecular weight excluding hydrogens is 242 g/mol.